The smallest absolute Gasteiger partial charge is 0.573 e. The van der Waals surface area contributed by atoms with Crippen LogP contribution in [0, 0.1) is 0 Å². The number of unbranched alkanes of at least 4 members (excludes halogenated alkanes) is 2. The number of hydrogen-bond acceptors (Lipinski definition) is 4. The molecule has 0 rings (SSSR count). The Kier molecular flexibility index (Phi) is 9.80. The molecule has 0 saturated carbocycles. The Bertz CT molecular complexity index is 201. The number of carbonyl (C=O) groups excluding carboxylic acids is 2. The lowest BCUT2D eigenvalue weighted by molar-refractivity contribution is -0.139. The molecule has 0 aliphatic heterocycles. The van der Waals surface area contributed by atoms with Crippen LogP contribution in [0.3, 0.4) is 0 Å². The van der Waals surface area contributed by atoms with Gasteiger partial charge >= 0.3 is 13.9 Å². The van der Waals surface area contributed by atoms with Gasteiger partial charge in [0.2, 0.25) is 0 Å². The Morgan fingerprint density at radius 3 is 1.69 bits per heavy atom. The summed E-state index contributed by atoms with van der Waals surface area (Å²) in [4.78, 5) is 22.3. The monoisotopic (exact) mass is 264 g/mol. The minimum Gasteiger partial charge on any atom is -0.573 e. The minimum absolute atomic E-state index is 0.333. The van der Waals surface area contributed by atoms with Crippen LogP contribution in [0.2, 0.25) is 0 Å². The van der Waals surface area contributed by atoms with Crippen LogP contribution in [0.5, 0.6) is 0 Å². The predicted molar refractivity (Wildman–Crippen MR) is 62.8 cm³/mol. The summed E-state index contributed by atoms with van der Waals surface area (Å²) >= 11 is -2.63. The molecule has 0 heterocycles. The molecule has 0 aromatic carbocycles. The van der Waals surface area contributed by atoms with Crippen molar-refractivity contribution in [1.82, 2.24) is 0 Å². The minimum atomic E-state index is -2.63. The molecule has 0 N–H and O–H groups in total. The van der Waals surface area contributed by atoms with E-state index in [1.165, 1.54) is 0 Å². The Hall–Kier alpha value is -0.238. The fraction of sp³-hybridized carbons (Fsp3) is 0.800. The van der Waals surface area contributed by atoms with Gasteiger partial charge in [0.05, 0.1) is 0 Å². The lowest BCUT2D eigenvalue weighted by atomic mass is 10.3. The third kappa shape index (κ3) is 9.02. The van der Waals surface area contributed by atoms with Gasteiger partial charge in [-0.05, 0) is 12.8 Å². The predicted octanol–water partition coefficient (Wildman–Crippen LogP) is 2.68. The first-order valence-corrected chi connectivity index (χ1v) is 8.32. The fourth-order valence-electron chi connectivity index (χ4n) is 0.991. The van der Waals surface area contributed by atoms with E-state index in [4.69, 9.17) is 17.6 Å². The van der Waals surface area contributed by atoms with Gasteiger partial charge in [-0.25, -0.2) is 0 Å². The maximum Gasteiger partial charge on any atom is 1.00 e. The molecule has 0 atom stereocenters. The van der Waals surface area contributed by atoms with Crippen molar-refractivity contribution in [2.75, 3.05) is 0 Å². The normalized spacial score (nSPS) is 9.69. The van der Waals surface area contributed by atoms with E-state index in [2.05, 4.69) is 0 Å². The molecular formula is C10H18AlClO4. The first-order chi connectivity index (χ1) is 7.60. The zero-order valence-corrected chi connectivity index (χ0v) is 11.7. The summed E-state index contributed by atoms with van der Waals surface area (Å²) in [6.07, 6.45) is 4.03. The highest BCUT2D eigenvalue weighted by Crippen LogP contribution is 2.04. The molecule has 6 heteroatoms. The fourth-order valence-corrected chi connectivity index (χ4v) is 2.28. The van der Waals surface area contributed by atoms with Crippen LogP contribution in [0.4, 0.5) is 0 Å². The van der Waals surface area contributed by atoms with Crippen molar-refractivity contribution in [1.29, 1.82) is 0 Å². The summed E-state index contributed by atoms with van der Waals surface area (Å²) in [6.45, 7) is 3.96. The van der Waals surface area contributed by atoms with Gasteiger partial charge in [0, 0.05) is 12.8 Å². The van der Waals surface area contributed by atoms with Gasteiger partial charge in [0.15, 0.2) is 0 Å². The van der Waals surface area contributed by atoms with Crippen LogP contribution in [-0.4, -0.2) is 25.8 Å². The molecule has 92 valence electrons. The number of halogens is 1. The van der Waals surface area contributed by atoms with Crippen LogP contribution in [0.1, 0.15) is 52.4 Å². The second-order valence-corrected chi connectivity index (χ2v) is 5.55. The van der Waals surface area contributed by atoms with Crippen molar-refractivity contribution in [2.24, 2.45) is 0 Å². The van der Waals surface area contributed by atoms with Crippen molar-refractivity contribution in [2.45, 2.75) is 52.4 Å². The molecule has 0 amide bonds. The van der Waals surface area contributed by atoms with Gasteiger partial charge in [-0.2, -0.15) is 10.0 Å². The average Bonchev–Trinajstić information content (AvgIpc) is 2.23. The Labute approximate surface area is 106 Å². The van der Waals surface area contributed by atoms with E-state index in [9.17, 15) is 9.59 Å². The van der Waals surface area contributed by atoms with E-state index >= 15 is 0 Å². The summed E-state index contributed by atoms with van der Waals surface area (Å²) in [6, 6.07) is 0. The van der Waals surface area contributed by atoms with E-state index in [-0.39, 0.29) is 11.9 Å². The van der Waals surface area contributed by atoms with Crippen LogP contribution < -0.4 is 0 Å². The molecule has 0 fully saturated rings. The summed E-state index contributed by atoms with van der Waals surface area (Å²) in [5, 5.41) is 0. The third-order valence-electron chi connectivity index (χ3n) is 1.92. The summed E-state index contributed by atoms with van der Waals surface area (Å²) in [5.41, 5.74) is 0. The van der Waals surface area contributed by atoms with E-state index in [1.807, 2.05) is 13.8 Å². The summed E-state index contributed by atoms with van der Waals surface area (Å²) in [7, 11) is 5.68. The van der Waals surface area contributed by atoms with Crippen molar-refractivity contribution in [3.8, 4) is 0 Å². The topological polar surface area (TPSA) is 52.6 Å². The van der Waals surface area contributed by atoms with Gasteiger partial charge in [-0.15, -0.1) is 0 Å². The van der Waals surface area contributed by atoms with Gasteiger partial charge in [-0.1, -0.05) is 26.7 Å². The highest BCUT2D eigenvalue weighted by atomic mass is 35.6. The molecule has 0 radical (unpaired) electrons. The first kappa shape index (κ1) is 15.8. The van der Waals surface area contributed by atoms with Crippen molar-refractivity contribution in [3.05, 3.63) is 0 Å². The van der Waals surface area contributed by atoms with Gasteiger partial charge in [-0.3, -0.25) is 9.59 Å². The average molecular weight is 265 g/mol. The number of hydrogen-bond donors (Lipinski definition) is 0. The van der Waals surface area contributed by atoms with E-state index in [0.717, 1.165) is 25.7 Å². The van der Waals surface area contributed by atoms with Crippen LogP contribution in [0.15, 0.2) is 0 Å². The van der Waals surface area contributed by atoms with Gasteiger partial charge < -0.3 is 7.58 Å². The highest BCUT2D eigenvalue weighted by molar-refractivity contribution is 7.00. The SMILES string of the molecule is CCCCC(=O)[O][Al]([Cl])[O]C(=O)CCCC. The largest absolute Gasteiger partial charge is 1.00 e. The van der Waals surface area contributed by atoms with Crippen molar-refractivity contribution >= 4 is 35.9 Å². The molecular weight excluding hydrogens is 247 g/mol. The van der Waals surface area contributed by atoms with E-state index in [1.54, 1.807) is 0 Å². The Morgan fingerprint density at radius 2 is 1.38 bits per heavy atom. The third-order valence-corrected chi connectivity index (χ3v) is 3.35. The summed E-state index contributed by atoms with van der Waals surface area (Å²) in [5.74, 6) is -0.756. The zero-order chi connectivity index (χ0) is 12.4. The standard InChI is InChI=1S/2C5H10O2.Al.ClH/c2*1-2-3-4-5(6)7;;/h2*2-4H2,1H3,(H,6,7);;1H/q;;+3;/p-3. The van der Waals surface area contributed by atoms with Crippen LogP contribution in [-0.2, 0) is 17.2 Å². The second kappa shape index (κ2) is 9.95. The molecule has 0 bridgehead atoms. The molecule has 16 heavy (non-hydrogen) atoms. The van der Waals surface area contributed by atoms with Gasteiger partial charge in [0.1, 0.15) is 0 Å². The van der Waals surface area contributed by atoms with Crippen LogP contribution >= 0.6 is 10.0 Å². The first-order valence-electron chi connectivity index (χ1n) is 5.63. The molecule has 0 unspecified atom stereocenters. The molecule has 0 spiro atoms. The molecule has 0 aromatic heterocycles. The molecule has 0 aliphatic carbocycles. The quantitative estimate of drug-likeness (QED) is 0.633. The molecule has 0 saturated heterocycles. The molecule has 4 nitrogen and oxygen atoms in total. The van der Waals surface area contributed by atoms with Gasteiger partial charge in [0.25, 0.3) is 11.9 Å². The lowest BCUT2D eigenvalue weighted by Gasteiger charge is -2.08. The maximum atomic E-state index is 11.1. The van der Waals surface area contributed by atoms with Crippen molar-refractivity contribution in [3.63, 3.8) is 0 Å². The Balaban J connectivity index is 3.67. The number of rotatable bonds is 8. The lowest BCUT2D eigenvalue weighted by Crippen LogP contribution is -2.24. The molecule has 0 aliphatic rings. The van der Waals surface area contributed by atoms with Crippen LogP contribution in [0.25, 0.3) is 0 Å². The zero-order valence-electron chi connectivity index (χ0n) is 9.83. The molecule has 0 aromatic rings. The van der Waals surface area contributed by atoms with E-state index in [0.29, 0.717) is 12.8 Å². The second-order valence-electron chi connectivity index (χ2n) is 3.46. The van der Waals surface area contributed by atoms with E-state index < -0.39 is 13.9 Å². The van der Waals surface area contributed by atoms with Crippen molar-refractivity contribution < 1.29 is 17.2 Å². The maximum absolute atomic E-state index is 11.1. The number of carbonyl (C=O) groups is 2. The highest BCUT2D eigenvalue weighted by Gasteiger charge is 2.34. The Morgan fingerprint density at radius 1 is 1.00 bits per heavy atom. The summed E-state index contributed by atoms with van der Waals surface area (Å²) < 4.78 is 9.65.